The molecule has 1 fully saturated rings. The summed E-state index contributed by atoms with van der Waals surface area (Å²) in [6.45, 7) is 2.64. The number of methoxy groups -OCH3 is 1. The molecule has 2 amide bonds. The van der Waals surface area contributed by atoms with E-state index in [1.807, 2.05) is 0 Å². The highest BCUT2D eigenvalue weighted by molar-refractivity contribution is 5.88. The second kappa shape index (κ2) is 5.70. The molecule has 1 atom stereocenters. The molecule has 1 aliphatic rings. The van der Waals surface area contributed by atoms with Crippen molar-refractivity contribution in [3.8, 4) is 0 Å². The lowest BCUT2D eigenvalue weighted by atomic mass is 10.3. The number of ether oxygens (including phenoxy) is 1. The Kier molecular flexibility index (Phi) is 4.55. The van der Waals surface area contributed by atoms with Crippen molar-refractivity contribution in [1.29, 1.82) is 0 Å². The van der Waals surface area contributed by atoms with E-state index in [0.29, 0.717) is 13.2 Å². The van der Waals surface area contributed by atoms with Gasteiger partial charge in [-0.25, -0.2) is 0 Å². The van der Waals surface area contributed by atoms with Gasteiger partial charge in [0.15, 0.2) is 0 Å². The molecule has 0 bridgehead atoms. The van der Waals surface area contributed by atoms with Crippen molar-refractivity contribution in [2.45, 2.75) is 25.8 Å². The number of hydrogen-bond acceptors (Lipinski definition) is 3. The standard InChI is InChI=1S/C10H18N2O3/c1-7(9(13)11-5-6-15-2)12-10(14)8-3-4-8/h7-8H,3-6H2,1-2H3,(H,11,13)(H,12,14). The quantitative estimate of drug-likeness (QED) is 0.595. The Bertz CT molecular complexity index is 239. The van der Waals surface area contributed by atoms with Gasteiger partial charge in [0.1, 0.15) is 6.04 Å². The molecule has 0 aromatic rings. The van der Waals surface area contributed by atoms with E-state index in [4.69, 9.17) is 4.74 Å². The van der Waals surface area contributed by atoms with E-state index in [2.05, 4.69) is 10.6 Å². The van der Waals surface area contributed by atoms with Crippen LogP contribution in [0.4, 0.5) is 0 Å². The van der Waals surface area contributed by atoms with Gasteiger partial charge in [0.2, 0.25) is 11.8 Å². The van der Waals surface area contributed by atoms with Crippen molar-refractivity contribution in [1.82, 2.24) is 10.6 Å². The largest absolute Gasteiger partial charge is 0.383 e. The summed E-state index contributed by atoms with van der Waals surface area (Å²) in [4.78, 5) is 22.7. The van der Waals surface area contributed by atoms with Gasteiger partial charge in [-0.15, -0.1) is 0 Å². The lowest BCUT2D eigenvalue weighted by Crippen LogP contribution is -2.46. The van der Waals surface area contributed by atoms with Crippen molar-refractivity contribution in [2.75, 3.05) is 20.3 Å². The van der Waals surface area contributed by atoms with Gasteiger partial charge < -0.3 is 15.4 Å². The molecule has 86 valence electrons. The number of carbonyl (C=O) groups is 2. The zero-order chi connectivity index (χ0) is 11.3. The zero-order valence-electron chi connectivity index (χ0n) is 9.21. The molecule has 0 aromatic carbocycles. The maximum absolute atomic E-state index is 11.4. The molecule has 1 aliphatic carbocycles. The summed E-state index contributed by atoms with van der Waals surface area (Å²) in [5, 5.41) is 5.35. The Balaban J connectivity index is 2.16. The summed E-state index contributed by atoms with van der Waals surface area (Å²) >= 11 is 0. The zero-order valence-corrected chi connectivity index (χ0v) is 9.21. The highest BCUT2D eigenvalue weighted by Gasteiger charge is 2.31. The number of hydrogen-bond donors (Lipinski definition) is 2. The van der Waals surface area contributed by atoms with E-state index in [0.717, 1.165) is 12.8 Å². The summed E-state index contributed by atoms with van der Waals surface area (Å²) in [5.41, 5.74) is 0. The van der Waals surface area contributed by atoms with Crippen LogP contribution < -0.4 is 10.6 Å². The van der Waals surface area contributed by atoms with Gasteiger partial charge in [0.05, 0.1) is 6.61 Å². The monoisotopic (exact) mass is 214 g/mol. The molecule has 0 saturated heterocycles. The first-order chi connectivity index (χ1) is 7.15. The van der Waals surface area contributed by atoms with Crippen molar-refractivity contribution in [3.63, 3.8) is 0 Å². The fourth-order valence-electron chi connectivity index (χ4n) is 1.17. The maximum atomic E-state index is 11.4. The molecular formula is C10H18N2O3. The van der Waals surface area contributed by atoms with E-state index in [1.165, 1.54) is 0 Å². The van der Waals surface area contributed by atoms with E-state index in [-0.39, 0.29) is 17.7 Å². The van der Waals surface area contributed by atoms with Crippen LogP contribution in [0, 0.1) is 5.92 Å². The Hall–Kier alpha value is -1.10. The van der Waals surface area contributed by atoms with Crippen LogP contribution in [-0.4, -0.2) is 38.1 Å². The number of carbonyl (C=O) groups excluding carboxylic acids is 2. The topological polar surface area (TPSA) is 67.4 Å². The molecule has 1 saturated carbocycles. The van der Waals surface area contributed by atoms with E-state index in [9.17, 15) is 9.59 Å². The van der Waals surface area contributed by atoms with Crippen LogP contribution in [0.3, 0.4) is 0 Å². The van der Waals surface area contributed by atoms with Crippen LogP contribution in [0.2, 0.25) is 0 Å². The average molecular weight is 214 g/mol. The fraction of sp³-hybridized carbons (Fsp3) is 0.800. The molecule has 1 rings (SSSR count). The molecule has 15 heavy (non-hydrogen) atoms. The SMILES string of the molecule is COCCNC(=O)C(C)NC(=O)C1CC1. The minimum Gasteiger partial charge on any atom is -0.383 e. The third kappa shape index (κ3) is 4.29. The van der Waals surface area contributed by atoms with Crippen molar-refractivity contribution in [3.05, 3.63) is 0 Å². The van der Waals surface area contributed by atoms with E-state index >= 15 is 0 Å². The smallest absolute Gasteiger partial charge is 0.242 e. The second-order valence-corrected chi connectivity index (χ2v) is 3.79. The van der Waals surface area contributed by atoms with Crippen LogP contribution in [-0.2, 0) is 14.3 Å². The summed E-state index contributed by atoms with van der Waals surface area (Å²) in [7, 11) is 1.57. The van der Waals surface area contributed by atoms with Crippen molar-refractivity contribution in [2.24, 2.45) is 5.92 Å². The molecule has 0 radical (unpaired) electrons. The van der Waals surface area contributed by atoms with E-state index < -0.39 is 6.04 Å². The van der Waals surface area contributed by atoms with Gasteiger partial charge in [0.25, 0.3) is 0 Å². The Labute approximate surface area is 89.6 Å². The summed E-state index contributed by atoms with van der Waals surface area (Å²) in [6, 6.07) is -0.463. The number of nitrogens with one attached hydrogen (secondary N) is 2. The minimum atomic E-state index is -0.463. The maximum Gasteiger partial charge on any atom is 0.242 e. The summed E-state index contributed by atoms with van der Waals surface area (Å²) in [6.07, 6.45) is 1.90. The van der Waals surface area contributed by atoms with Crippen molar-refractivity contribution < 1.29 is 14.3 Å². The molecule has 5 nitrogen and oxygen atoms in total. The van der Waals surface area contributed by atoms with Crippen LogP contribution in [0.5, 0.6) is 0 Å². The predicted molar refractivity (Wildman–Crippen MR) is 55.2 cm³/mol. The molecule has 5 heteroatoms. The first-order valence-corrected chi connectivity index (χ1v) is 5.22. The highest BCUT2D eigenvalue weighted by Crippen LogP contribution is 2.28. The number of amides is 2. The average Bonchev–Trinajstić information content (AvgIpc) is 3.00. The van der Waals surface area contributed by atoms with Gasteiger partial charge in [-0.3, -0.25) is 9.59 Å². The second-order valence-electron chi connectivity index (χ2n) is 3.79. The molecular weight excluding hydrogens is 196 g/mol. The third-order valence-electron chi connectivity index (χ3n) is 2.31. The van der Waals surface area contributed by atoms with Gasteiger partial charge in [-0.1, -0.05) is 0 Å². The minimum absolute atomic E-state index is 0.00982. The molecule has 0 aromatic heterocycles. The van der Waals surface area contributed by atoms with E-state index in [1.54, 1.807) is 14.0 Å². The van der Waals surface area contributed by atoms with Gasteiger partial charge in [-0.2, -0.15) is 0 Å². The van der Waals surface area contributed by atoms with Crippen LogP contribution in [0.25, 0.3) is 0 Å². The number of rotatable bonds is 6. The predicted octanol–water partition coefficient (Wildman–Crippen LogP) is -0.336. The van der Waals surface area contributed by atoms with Crippen LogP contribution in [0.15, 0.2) is 0 Å². The molecule has 0 spiro atoms. The van der Waals surface area contributed by atoms with Crippen molar-refractivity contribution >= 4 is 11.8 Å². The lowest BCUT2D eigenvalue weighted by molar-refractivity contribution is -0.129. The molecule has 0 heterocycles. The summed E-state index contributed by atoms with van der Waals surface area (Å²) < 4.78 is 4.80. The van der Waals surface area contributed by atoms with Gasteiger partial charge in [0, 0.05) is 19.6 Å². The van der Waals surface area contributed by atoms with Gasteiger partial charge >= 0.3 is 0 Å². The van der Waals surface area contributed by atoms with Crippen LogP contribution >= 0.6 is 0 Å². The Morgan fingerprint density at radius 3 is 2.67 bits per heavy atom. The molecule has 1 unspecified atom stereocenters. The fourth-order valence-corrected chi connectivity index (χ4v) is 1.17. The van der Waals surface area contributed by atoms with Crippen LogP contribution in [0.1, 0.15) is 19.8 Å². The normalized spacial score (nSPS) is 16.9. The first kappa shape index (κ1) is 12.0. The highest BCUT2D eigenvalue weighted by atomic mass is 16.5. The molecule has 2 N–H and O–H groups in total. The summed E-state index contributed by atoms with van der Waals surface area (Å²) in [5.74, 6) is -0.0373. The van der Waals surface area contributed by atoms with Gasteiger partial charge in [-0.05, 0) is 19.8 Å². The first-order valence-electron chi connectivity index (χ1n) is 5.22. The Morgan fingerprint density at radius 1 is 1.47 bits per heavy atom. The molecule has 0 aliphatic heterocycles. The Morgan fingerprint density at radius 2 is 2.13 bits per heavy atom. The lowest BCUT2D eigenvalue weighted by Gasteiger charge is -2.13. The third-order valence-corrected chi connectivity index (χ3v) is 2.31.